The summed E-state index contributed by atoms with van der Waals surface area (Å²) in [4.78, 5) is 11.8. The number of esters is 1. The van der Waals surface area contributed by atoms with Crippen molar-refractivity contribution in [1.29, 1.82) is 0 Å². The third-order valence-electron chi connectivity index (χ3n) is 3.36. The van der Waals surface area contributed by atoms with Crippen LogP contribution >= 0.6 is 0 Å². The standard InChI is InChI=1S/C13H23NO2/c1-4-5-10-13(2,12(15)16-3)14-11-8-6-7-9-11/h4,11,14H,1,5-10H2,2-3H3. The fraction of sp³-hybridized carbons (Fsp3) is 0.769. The van der Waals surface area contributed by atoms with Crippen LogP contribution in [0.15, 0.2) is 12.7 Å². The Hall–Kier alpha value is -0.830. The molecule has 0 spiro atoms. The van der Waals surface area contributed by atoms with Gasteiger partial charge in [0.15, 0.2) is 0 Å². The molecule has 0 heterocycles. The molecule has 0 saturated heterocycles. The fourth-order valence-corrected chi connectivity index (χ4v) is 2.37. The molecule has 0 radical (unpaired) electrons. The maximum absolute atomic E-state index is 11.8. The monoisotopic (exact) mass is 225 g/mol. The van der Waals surface area contributed by atoms with Crippen LogP contribution in [-0.4, -0.2) is 24.7 Å². The minimum atomic E-state index is -0.558. The Morgan fingerprint density at radius 2 is 2.19 bits per heavy atom. The fourth-order valence-electron chi connectivity index (χ4n) is 2.37. The highest BCUT2D eigenvalue weighted by Crippen LogP contribution is 2.23. The van der Waals surface area contributed by atoms with E-state index in [1.165, 1.54) is 32.8 Å². The first-order valence-electron chi connectivity index (χ1n) is 6.09. The second kappa shape index (κ2) is 6.04. The second-order valence-electron chi connectivity index (χ2n) is 4.78. The highest BCUT2D eigenvalue weighted by molar-refractivity contribution is 5.80. The number of methoxy groups -OCH3 is 1. The molecule has 0 aromatic heterocycles. The SMILES string of the molecule is C=CCCC(C)(NC1CCCC1)C(=O)OC. The second-order valence-corrected chi connectivity index (χ2v) is 4.78. The lowest BCUT2D eigenvalue weighted by atomic mass is 9.94. The summed E-state index contributed by atoms with van der Waals surface area (Å²) < 4.78 is 4.89. The summed E-state index contributed by atoms with van der Waals surface area (Å²) in [6, 6.07) is 0.467. The zero-order chi connectivity index (χ0) is 12.0. The highest BCUT2D eigenvalue weighted by atomic mass is 16.5. The molecule has 1 rings (SSSR count). The van der Waals surface area contributed by atoms with Gasteiger partial charge in [0.2, 0.25) is 0 Å². The minimum Gasteiger partial charge on any atom is -0.468 e. The minimum absolute atomic E-state index is 0.166. The van der Waals surface area contributed by atoms with Gasteiger partial charge >= 0.3 is 5.97 Å². The summed E-state index contributed by atoms with van der Waals surface area (Å²) in [5, 5.41) is 3.46. The van der Waals surface area contributed by atoms with Gasteiger partial charge in [-0.05, 0) is 32.6 Å². The Morgan fingerprint density at radius 1 is 1.56 bits per heavy atom. The quantitative estimate of drug-likeness (QED) is 0.557. The molecule has 1 fully saturated rings. The van der Waals surface area contributed by atoms with Gasteiger partial charge in [0.05, 0.1) is 7.11 Å². The van der Waals surface area contributed by atoms with Crippen molar-refractivity contribution in [2.24, 2.45) is 0 Å². The summed E-state index contributed by atoms with van der Waals surface area (Å²) in [7, 11) is 1.45. The van der Waals surface area contributed by atoms with Gasteiger partial charge in [-0.1, -0.05) is 18.9 Å². The van der Waals surface area contributed by atoms with Crippen LogP contribution in [0, 0.1) is 0 Å². The van der Waals surface area contributed by atoms with Gasteiger partial charge in [-0.2, -0.15) is 0 Å². The molecule has 1 saturated carbocycles. The Labute approximate surface area is 98.2 Å². The van der Waals surface area contributed by atoms with Crippen molar-refractivity contribution in [3.63, 3.8) is 0 Å². The molecule has 3 heteroatoms. The van der Waals surface area contributed by atoms with Gasteiger partial charge in [0, 0.05) is 6.04 Å². The van der Waals surface area contributed by atoms with E-state index in [1.807, 2.05) is 13.0 Å². The van der Waals surface area contributed by atoms with Gasteiger partial charge in [-0.15, -0.1) is 6.58 Å². The summed E-state index contributed by atoms with van der Waals surface area (Å²) in [5.74, 6) is -0.166. The summed E-state index contributed by atoms with van der Waals surface area (Å²) in [5.41, 5.74) is -0.558. The lowest BCUT2D eigenvalue weighted by Crippen LogP contribution is -2.53. The number of allylic oxidation sites excluding steroid dienone is 1. The molecular formula is C13H23NO2. The van der Waals surface area contributed by atoms with Crippen LogP contribution in [0.25, 0.3) is 0 Å². The molecule has 0 amide bonds. The molecule has 0 aromatic rings. The van der Waals surface area contributed by atoms with E-state index in [2.05, 4.69) is 11.9 Å². The first-order chi connectivity index (χ1) is 7.62. The van der Waals surface area contributed by atoms with Gasteiger partial charge in [0.25, 0.3) is 0 Å². The highest BCUT2D eigenvalue weighted by Gasteiger charge is 2.36. The number of hydrogen-bond donors (Lipinski definition) is 1. The lowest BCUT2D eigenvalue weighted by molar-refractivity contribution is -0.148. The van der Waals surface area contributed by atoms with Crippen LogP contribution in [0.3, 0.4) is 0 Å². The van der Waals surface area contributed by atoms with Crippen molar-refractivity contribution >= 4 is 5.97 Å². The Bertz CT molecular complexity index is 246. The molecule has 92 valence electrons. The lowest BCUT2D eigenvalue weighted by Gasteiger charge is -2.31. The van der Waals surface area contributed by atoms with E-state index in [4.69, 9.17) is 4.74 Å². The van der Waals surface area contributed by atoms with Crippen molar-refractivity contribution < 1.29 is 9.53 Å². The third-order valence-corrected chi connectivity index (χ3v) is 3.36. The van der Waals surface area contributed by atoms with E-state index in [1.54, 1.807) is 0 Å². The molecule has 1 N–H and O–H groups in total. The van der Waals surface area contributed by atoms with Crippen LogP contribution < -0.4 is 5.32 Å². The van der Waals surface area contributed by atoms with Gasteiger partial charge in [-0.25, -0.2) is 0 Å². The first-order valence-corrected chi connectivity index (χ1v) is 6.09. The van der Waals surface area contributed by atoms with Gasteiger partial charge < -0.3 is 4.74 Å². The third kappa shape index (κ3) is 3.34. The number of rotatable bonds is 6. The summed E-state index contributed by atoms with van der Waals surface area (Å²) in [6.07, 6.45) is 8.27. The van der Waals surface area contributed by atoms with Crippen LogP contribution in [0.4, 0.5) is 0 Å². The van der Waals surface area contributed by atoms with E-state index < -0.39 is 5.54 Å². The summed E-state index contributed by atoms with van der Waals surface area (Å²) in [6.45, 7) is 5.63. The predicted molar refractivity (Wildman–Crippen MR) is 65.2 cm³/mol. The number of ether oxygens (including phenoxy) is 1. The van der Waals surface area contributed by atoms with Crippen molar-refractivity contribution in [2.45, 2.75) is 57.0 Å². The molecular weight excluding hydrogens is 202 g/mol. The van der Waals surface area contributed by atoms with Crippen LogP contribution in [0.5, 0.6) is 0 Å². The molecule has 3 nitrogen and oxygen atoms in total. The molecule has 1 aliphatic carbocycles. The Balaban J connectivity index is 2.60. The molecule has 1 aliphatic rings. The Morgan fingerprint density at radius 3 is 2.69 bits per heavy atom. The van der Waals surface area contributed by atoms with E-state index in [0.717, 1.165) is 12.8 Å². The maximum Gasteiger partial charge on any atom is 0.325 e. The average molecular weight is 225 g/mol. The van der Waals surface area contributed by atoms with Crippen molar-refractivity contribution in [1.82, 2.24) is 5.32 Å². The normalized spacial score (nSPS) is 20.4. The predicted octanol–water partition coefficient (Wildman–Crippen LogP) is 2.42. The molecule has 0 aliphatic heterocycles. The molecule has 16 heavy (non-hydrogen) atoms. The molecule has 1 unspecified atom stereocenters. The smallest absolute Gasteiger partial charge is 0.325 e. The molecule has 0 aromatic carbocycles. The van der Waals surface area contributed by atoms with Gasteiger partial charge in [0.1, 0.15) is 5.54 Å². The van der Waals surface area contributed by atoms with E-state index in [-0.39, 0.29) is 5.97 Å². The van der Waals surface area contributed by atoms with E-state index >= 15 is 0 Å². The first kappa shape index (κ1) is 13.2. The van der Waals surface area contributed by atoms with E-state index in [0.29, 0.717) is 6.04 Å². The number of carbonyl (C=O) groups excluding carboxylic acids is 1. The van der Waals surface area contributed by atoms with Crippen molar-refractivity contribution in [3.05, 3.63) is 12.7 Å². The van der Waals surface area contributed by atoms with E-state index in [9.17, 15) is 4.79 Å². The zero-order valence-corrected chi connectivity index (χ0v) is 10.4. The number of hydrogen-bond acceptors (Lipinski definition) is 3. The van der Waals surface area contributed by atoms with Crippen molar-refractivity contribution in [3.8, 4) is 0 Å². The number of carbonyl (C=O) groups is 1. The number of nitrogens with one attached hydrogen (secondary N) is 1. The van der Waals surface area contributed by atoms with Crippen LogP contribution in [-0.2, 0) is 9.53 Å². The zero-order valence-electron chi connectivity index (χ0n) is 10.4. The maximum atomic E-state index is 11.8. The molecule has 0 bridgehead atoms. The largest absolute Gasteiger partial charge is 0.468 e. The van der Waals surface area contributed by atoms with Crippen molar-refractivity contribution in [2.75, 3.05) is 7.11 Å². The average Bonchev–Trinajstić information content (AvgIpc) is 2.77. The van der Waals surface area contributed by atoms with Gasteiger partial charge in [-0.3, -0.25) is 10.1 Å². The Kier molecular flexibility index (Phi) is 5.00. The topological polar surface area (TPSA) is 38.3 Å². The van der Waals surface area contributed by atoms with Crippen LogP contribution in [0.1, 0.15) is 45.4 Å². The van der Waals surface area contributed by atoms with Crippen LogP contribution in [0.2, 0.25) is 0 Å². The molecule has 1 atom stereocenters. The summed E-state index contributed by atoms with van der Waals surface area (Å²) >= 11 is 0.